The molecule has 2 unspecified atom stereocenters. The minimum atomic E-state index is 0.0560. The third kappa shape index (κ3) is 5.39. The minimum absolute atomic E-state index is 0.0560. The predicted octanol–water partition coefficient (Wildman–Crippen LogP) is 4.88. The highest BCUT2D eigenvalue weighted by molar-refractivity contribution is 9.10. The second-order valence-electron chi connectivity index (χ2n) is 7.09. The van der Waals surface area contributed by atoms with E-state index >= 15 is 0 Å². The number of benzene rings is 1. The van der Waals surface area contributed by atoms with Crippen molar-refractivity contribution in [2.45, 2.75) is 70.6 Å². The van der Waals surface area contributed by atoms with E-state index in [0.717, 1.165) is 17.4 Å². The molecule has 1 aliphatic heterocycles. The zero-order chi connectivity index (χ0) is 15.5. The van der Waals surface area contributed by atoms with Crippen LogP contribution in [0.4, 0.5) is 0 Å². The predicted molar refractivity (Wildman–Crippen MR) is 92.8 cm³/mol. The Kier molecular flexibility index (Phi) is 5.87. The van der Waals surface area contributed by atoms with Crippen molar-refractivity contribution in [3.63, 3.8) is 0 Å². The molecule has 1 aromatic carbocycles. The van der Waals surface area contributed by atoms with Crippen LogP contribution in [0.1, 0.15) is 58.4 Å². The second kappa shape index (κ2) is 7.26. The van der Waals surface area contributed by atoms with Gasteiger partial charge in [-0.25, -0.2) is 0 Å². The molecule has 2 rings (SSSR count). The lowest BCUT2D eigenvalue weighted by atomic mass is 9.91. The van der Waals surface area contributed by atoms with Crippen LogP contribution >= 0.6 is 15.9 Å². The number of halogens is 1. The van der Waals surface area contributed by atoms with Gasteiger partial charge in [0.25, 0.3) is 0 Å². The molecule has 3 heteroatoms. The number of hydrogen-bond acceptors (Lipinski definition) is 2. The molecule has 2 nitrogen and oxygen atoms in total. The summed E-state index contributed by atoms with van der Waals surface area (Å²) in [4.78, 5) is 0. The number of rotatable bonds is 6. The summed E-state index contributed by atoms with van der Waals surface area (Å²) < 4.78 is 7.33. The molecule has 0 aromatic heterocycles. The van der Waals surface area contributed by atoms with Crippen molar-refractivity contribution in [2.75, 3.05) is 6.54 Å². The maximum absolute atomic E-state index is 6.19. The van der Waals surface area contributed by atoms with E-state index < -0.39 is 0 Å². The van der Waals surface area contributed by atoms with E-state index in [1.807, 2.05) is 0 Å². The van der Waals surface area contributed by atoms with Gasteiger partial charge in [-0.1, -0.05) is 41.9 Å². The number of ether oxygens (including phenoxy) is 1. The summed E-state index contributed by atoms with van der Waals surface area (Å²) in [6.07, 6.45) is 3.84. The molecule has 0 radical (unpaired) electrons. The van der Waals surface area contributed by atoms with E-state index in [2.05, 4.69) is 73.2 Å². The van der Waals surface area contributed by atoms with Gasteiger partial charge in [0.2, 0.25) is 0 Å². The van der Waals surface area contributed by atoms with Crippen LogP contribution in [0.2, 0.25) is 0 Å². The Hall–Kier alpha value is -0.380. The molecule has 0 spiro atoms. The van der Waals surface area contributed by atoms with Crippen LogP contribution in [0.15, 0.2) is 28.7 Å². The highest BCUT2D eigenvalue weighted by Gasteiger charge is 2.33. The third-order valence-corrected chi connectivity index (χ3v) is 4.74. The smallest absolute Gasteiger partial charge is 0.0631 e. The SMILES string of the molecule is CC(C)NCC(CC1CCC(C)(C)O1)c1ccc(Br)cc1. The maximum atomic E-state index is 6.19. The Bertz CT molecular complexity index is 441. The van der Waals surface area contributed by atoms with E-state index in [-0.39, 0.29) is 5.60 Å². The molecule has 0 aliphatic carbocycles. The minimum Gasteiger partial charge on any atom is -0.372 e. The molecule has 0 amide bonds. The van der Waals surface area contributed by atoms with Gasteiger partial charge in [0.15, 0.2) is 0 Å². The summed E-state index contributed by atoms with van der Waals surface area (Å²) in [6, 6.07) is 9.26. The van der Waals surface area contributed by atoms with Crippen LogP contribution in [-0.4, -0.2) is 24.3 Å². The highest BCUT2D eigenvalue weighted by Crippen LogP contribution is 2.35. The van der Waals surface area contributed by atoms with Crippen molar-refractivity contribution in [3.05, 3.63) is 34.3 Å². The fraction of sp³-hybridized carbons (Fsp3) is 0.667. The second-order valence-corrected chi connectivity index (χ2v) is 8.00. The van der Waals surface area contributed by atoms with Crippen LogP contribution in [0.5, 0.6) is 0 Å². The molecule has 1 saturated heterocycles. The van der Waals surface area contributed by atoms with Crippen LogP contribution in [-0.2, 0) is 4.74 Å². The lowest BCUT2D eigenvalue weighted by molar-refractivity contribution is -0.0209. The van der Waals surface area contributed by atoms with Gasteiger partial charge in [-0.3, -0.25) is 0 Å². The van der Waals surface area contributed by atoms with Gasteiger partial charge in [-0.15, -0.1) is 0 Å². The fourth-order valence-electron chi connectivity index (χ4n) is 3.01. The molecule has 1 N–H and O–H groups in total. The molecule has 2 atom stereocenters. The van der Waals surface area contributed by atoms with E-state index in [4.69, 9.17) is 4.74 Å². The van der Waals surface area contributed by atoms with Crippen molar-refractivity contribution >= 4 is 15.9 Å². The van der Waals surface area contributed by atoms with E-state index in [1.165, 1.54) is 18.4 Å². The van der Waals surface area contributed by atoms with Gasteiger partial charge >= 0.3 is 0 Å². The highest BCUT2D eigenvalue weighted by atomic mass is 79.9. The van der Waals surface area contributed by atoms with Crippen LogP contribution in [0.25, 0.3) is 0 Å². The molecular formula is C18H28BrNO. The van der Waals surface area contributed by atoms with Gasteiger partial charge < -0.3 is 10.1 Å². The lowest BCUT2D eigenvalue weighted by Crippen LogP contribution is -2.30. The van der Waals surface area contributed by atoms with Crippen LogP contribution < -0.4 is 5.32 Å². The topological polar surface area (TPSA) is 21.3 Å². The first-order valence-electron chi connectivity index (χ1n) is 8.02. The number of hydrogen-bond donors (Lipinski definition) is 1. The molecule has 1 fully saturated rings. The van der Waals surface area contributed by atoms with Crippen LogP contribution in [0.3, 0.4) is 0 Å². The van der Waals surface area contributed by atoms with E-state index in [9.17, 15) is 0 Å². The third-order valence-electron chi connectivity index (χ3n) is 4.22. The van der Waals surface area contributed by atoms with Gasteiger partial charge in [0.05, 0.1) is 11.7 Å². The summed E-state index contributed by atoms with van der Waals surface area (Å²) in [6.45, 7) is 9.82. The molecule has 0 bridgehead atoms. The summed E-state index contributed by atoms with van der Waals surface area (Å²) >= 11 is 3.52. The maximum Gasteiger partial charge on any atom is 0.0631 e. The molecule has 0 saturated carbocycles. The van der Waals surface area contributed by atoms with Crippen molar-refractivity contribution in [1.29, 1.82) is 0 Å². The summed E-state index contributed by atoms with van der Waals surface area (Å²) in [7, 11) is 0. The first-order valence-corrected chi connectivity index (χ1v) is 8.82. The Labute approximate surface area is 137 Å². The van der Waals surface area contributed by atoms with Gasteiger partial charge in [0.1, 0.15) is 0 Å². The largest absolute Gasteiger partial charge is 0.372 e. The number of nitrogens with one attached hydrogen (secondary N) is 1. The van der Waals surface area contributed by atoms with Crippen molar-refractivity contribution in [2.24, 2.45) is 0 Å². The zero-order valence-electron chi connectivity index (χ0n) is 13.7. The lowest BCUT2D eigenvalue weighted by Gasteiger charge is -2.25. The fourth-order valence-corrected chi connectivity index (χ4v) is 3.28. The molecule has 1 aliphatic rings. The van der Waals surface area contributed by atoms with Crippen LogP contribution in [0, 0.1) is 0 Å². The normalized spacial score (nSPS) is 22.7. The summed E-state index contributed by atoms with van der Waals surface area (Å²) in [5, 5.41) is 3.59. The standard InChI is InChI=1S/C18H28BrNO/c1-13(2)20-12-15(14-5-7-16(19)8-6-14)11-17-9-10-18(3,4)21-17/h5-8,13,15,17,20H,9-12H2,1-4H3. The molecule has 1 heterocycles. The quantitative estimate of drug-likeness (QED) is 0.786. The molecule has 21 heavy (non-hydrogen) atoms. The molecule has 118 valence electrons. The van der Waals surface area contributed by atoms with Crippen molar-refractivity contribution in [3.8, 4) is 0 Å². The summed E-state index contributed by atoms with van der Waals surface area (Å²) in [5.74, 6) is 0.513. The van der Waals surface area contributed by atoms with Crippen molar-refractivity contribution in [1.82, 2.24) is 5.32 Å². The Morgan fingerprint density at radius 1 is 1.29 bits per heavy atom. The van der Waals surface area contributed by atoms with E-state index in [1.54, 1.807) is 0 Å². The first kappa shape index (κ1) is 17.0. The van der Waals surface area contributed by atoms with Gasteiger partial charge in [-0.05, 0) is 56.7 Å². The Morgan fingerprint density at radius 2 is 1.95 bits per heavy atom. The molecule has 1 aromatic rings. The monoisotopic (exact) mass is 353 g/mol. The van der Waals surface area contributed by atoms with E-state index in [0.29, 0.717) is 18.1 Å². The Morgan fingerprint density at radius 3 is 2.48 bits per heavy atom. The Balaban J connectivity index is 2.03. The summed E-state index contributed by atoms with van der Waals surface area (Å²) in [5.41, 5.74) is 1.46. The van der Waals surface area contributed by atoms with Gasteiger partial charge in [0, 0.05) is 17.1 Å². The van der Waals surface area contributed by atoms with Gasteiger partial charge in [-0.2, -0.15) is 0 Å². The first-order chi connectivity index (χ1) is 9.85. The van der Waals surface area contributed by atoms with Crippen molar-refractivity contribution < 1.29 is 4.74 Å². The zero-order valence-corrected chi connectivity index (χ0v) is 15.2. The molecular weight excluding hydrogens is 326 g/mol. The average molecular weight is 354 g/mol. The average Bonchev–Trinajstić information content (AvgIpc) is 2.75.